The molecule has 2 N–H and O–H groups in total. The first-order valence-corrected chi connectivity index (χ1v) is 8.65. The van der Waals surface area contributed by atoms with Crippen LogP contribution in [0.25, 0.3) is 0 Å². The number of likely N-dealkylation sites (tertiary alicyclic amines) is 1. The van der Waals surface area contributed by atoms with E-state index in [1.54, 1.807) is 0 Å². The Kier molecular flexibility index (Phi) is 6.31. The van der Waals surface area contributed by atoms with Gasteiger partial charge in [0, 0.05) is 31.3 Å². The van der Waals surface area contributed by atoms with Crippen molar-refractivity contribution >= 4 is 17.6 Å². The van der Waals surface area contributed by atoms with Crippen LogP contribution in [-0.2, 0) is 6.42 Å². The summed E-state index contributed by atoms with van der Waals surface area (Å²) in [6, 6.07) is 7.87. The number of aliphatic hydroxyl groups excluding tert-OH is 1. The Morgan fingerprint density at radius 2 is 2.09 bits per heavy atom. The largest absolute Gasteiger partial charge is 0.396 e. The zero-order chi connectivity index (χ0) is 16.9. The Labute approximate surface area is 143 Å². The van der Waals surface area contributed by atoms with Gasteiger partial charge in [-0.3, -0.25) is 0 Å². The summed E-state index contributed by atoms with van der Waals surface area (Å²) < 4.78 is 0. The lowest BCUT2D eigenvalue weighted by atomic mass is 9.85. The second-order valence-corrected chi connectivity index (χ2v) is 7.68. The highest BCUT2D eigenvalue weighted by atomic mass is 35.5. The molecule has 4 nitrogen and oxygen atoms in total. The molecule has 0 unspecified atom stereocenters. The summed E-state index contributed by atoms with van der Waals surface area (Å²) in [4.78, 5) is 14.1. The van der Waals surface area contributed by atoms with Gasteiger partial charge in [-0.25, -0.2) is 4.79 Å². The molecule has 1 aliphatic heterocycles. The highest BCUT2D eigenvalue weighted by Crippen LogP contribution is 2.23. The summed E-state index contributed by atoms with van der Waals surface area (Å²) >= 11 is 6.03. The van der Waals surface area contributed by atoms with Crippen LogP contribution in [0.15, 0.2) is 24.3 Å². The second-order valence-electron chi connectivity index (χ2n) is 7.24. The van der Waals surface area contributed by atoms with E-state index in [4.69, 9.17) is 16.7 Å². The maximum absolute atomic E-state index is 12.3. The topological polar surface area (TPSA) is 52.6 Å². The Balaban J connectivity index is 1.80. The van der Waals surface area contributed by atoms with Crippen LogP contribution in [0.3, 0.4) is 0 Å². The predicted molar refractivity (Wildman–Crippen MR) is 93.7 cm³/mol. The number of nitrogens with zero attached hydrogens (tertiary/aromatic N) is 1. The summed E-state index contributed by atoms with van der Waals surface area (Å²) in [5.74, 6) is 0.346. The lowest BCUT2D eigenvalue weighted by molar-refractivity contribution is 0.135. The standard InChI is InChI=1S/C18H27ClN2O2/c1-18(2,11-15-4-3-5-16(19)10-15)13-20-17(23)21-8-6-14(12-22)7-9-21/h3-5,10,14,22H,6-9,11-13H2,1-2H3,(H,20,23). The average molecular weight is 339 g/mol. The lowest BCUT2D eigenvalue weighted by Crippen LogP contribution is -2.47. The van der Waals surface area contributed by atoms with Gasteiger partial charge in [-0.2, -0.15) is 0 Å². The highest BCUT2D eigenvalue weighted by Gasteiger charge is 2.24. The van der Waals surface area contributed by atoms with Crippen LogP contribution in [0.4, 0.5) is 4.79 Å². The van der Waals surface area contributed by atoms with Crippen molar-refractivity contribution in [3.8, 4) is 0 Å². The minimum atomic E-state index is -0.0379. The van der Waals surface area contributed by atoms with Crippen LogP contribution in [0.1, 0.15) is 32.3 Å². The number of aliphatic hydroxyl groups is 1. The molecule has 1 aromatic rings. The fourth-order valence-corrected chi connectivity index (χ4v) is 3.22. The van der Waals surface area contributed by atoms with E-state index in [2.05, 4.69) is 25.2 Å². The Morgan fingerprint density at radius 1 is 1.39 bits per heavy atom. The van der Waals surface area contributed by atoms with E-state index >= 15 is 0 Å². The molecule has 0 saturated carbocycles. The average Bonchev–Trinajstić information content (AvgIpc) is 2.52. The third kappa shape index (κ3) is 5.70. The summed E-state index contributed by atoms with van der Waals surface area (Å²) in [7, 11) is 0. The van der Waals surface area contributed by atoms with Gasteiger partial charge in [-0.15, -0.1) is 0 Å². The van der Waals surface area contributed by atoms with Crippen molar-refractivity contribution in [2.75, 3.05) is 26.2 Å². The molecule has 1 saturated heterocycles. The molecule has 1 aromatic carbocycles. The van der Waals surface area contributed by atoms with Crippen molar-refractivity contribution in [1.82, 2.24) is 10.2 Å². The van der Waals surface area contributed by atoms with Gasteiger partial charge in [-0.05, 0) is 48.3 Å². The number of carbonyl (C=O) groups is 1. The maximum Gasteiger partial charge on any atom is 0.317 e. The smallest absolute Gasteiger partial charge is 0.317 e. The number of amides is 2. The molecule has 0 aliphatic carbocycles. The molecule has 1 aliphatic rings. The normalized spacial score (nSPS) is 16.4. The number of hydrogen-bond acceptors (Lipinski definition) is 2. The molecule has 1 fully saturated rings. The minimum Gasteiger partial charge on any atom is -0.396 e. The zero-order valence-electron chi connectivity index (χ0n) is 14.0. The number of urea groups is 1. The summed E-state index contributed by atoms with van der Waals surface area (Å²) in [5.41, 5.74) is 1.14. The molecule has 23 heavy (non-hydrogen) atoms. The number of hydrogen-bond donors (Lipinski definition) is 2. The van der Waals surface area contributed by atoms with E-state index in [1.807, 2.05) is 23.1 Å². The van der Waals surface area contributed by atoms with Gasteiger partial charge in [0.1, 0.15) is 0 Å². The first-order valence-electron chi connectivity index (χ1n) is 8.28. The fourth-order valence-electron chi connectivity index (χ4n) is 3.01. The first-order chi connectivity index (χ1) is 10.9. The first kappa shape index (κ1) is 18.1. The number of nitrogens with one attached hydrogen (secondary N) is 1. The van der Waals surface area contributed by atoms with Gasteiger partial charge in [0.2, 0.25) is 0 Å². The number of benzene rings is 1. The Morgan fingerprint density at radius 3 is 2.70 bits per heavy atom. The molecule has 1 heterocycles. The molecule has 5 heteroatoms. The van der Waals surface area contributed by atoms with Crippen LogP contribution >= 0.6 is 11.6 Å². The van der Waals surface area contributed by atoms with Crippen molar-refractivity contribution in [3.05, 3.63) is 34.9 Å². The number of carbonyl (C=O) groups excluding carboxylic acids is 1. The van der Waals surface area contributed by atoms with Crippen molar-refractivity contribution in [1.29, 1.82) is 0 Å². The second kappa shape index (κ2) is 8.02. The van der Waals surface area contributed by atoms with Gasteiger partial charge in [0.05, 0.1) is 0 Å². The van der Waals surface area contributed by atoms with Gasteiger partial charge in [-0.1, -0.05) is 37.6 Å². The van der Waals surface area contributed by atoms with Crippen molar-refractivity contribution in [2.45, 2.75) is 33.1 Å². The molecule has 0 radical (unpaired) electrons. The van der Waals surface area contributed by atoms with E-state index in [0.717, 1.165) is 37.4 Å². The lowest BCUT2D eigenvalue weighted by Gasteiger charge is -2.33. The third-order valence-corrected chi connectivity index (χ3v) is 4.68. The van der Waals surface area contributed by atoms with Crippen molar-refractivity contribution in [3.63, 3.8) is 0 Å². The number of piperidine rings is 1. The van der Waals surface area contributed by atoms with E-state index < -0.39 is 0 Å². The summed E-state index contributed by atoms with van der Waals surface area (Å²) in [6.07, 6.45) is 2.63. The van der Waals surface area contributed by atoms with Crippen LogP contribution < -0.4 is 5.32 Å². The van der Waals surface area contributed by atoms with Crippen LogP contribution in [0, 0.1) is 11.3 Å². The van der Waals surface area contributed by atoms with Gasteiger partial charge < -0.3 is 15.3 Å². The molecule has 128 valence electrons. The fraction of sp³-hybridized carbons (Fsp3) is 0.611. The molecule has 2 rings (SSSR count). The minimum absolute atomic E-state index is 0.000517. The van der Waals surface area contributed by atoms with Crippen molar-refractivity contribution in [2.24, 2.45) is 11.3 Å². The Bertz CT molecular complexity index is 526. The van der Waals surface area contributed by atoms with Crippen LogP contribution in [0.2, 0.25) is 5.02 Å². The SMILES string of the molecule is CC(C)(CNC(=O)N1CCC(CO)CC1)Cc1cccc(Cl)c1. The zero-order valence-corrected chi connectivity index (χ0v) is 14.8. The van der Waals surface area contributed by atoms with Gasteiger partial charge in [0.25, 0.3) is 0 Å². The van der Waals surface area contributed by atoms with Gasteiger partial charge >= 0.3 is 6.03 Å². The monoisotopic (exact) mass is 338 g/mol. The van der Waals surface area contributed by atoms with E-state index in [9.17, 15) is 4.79 Å². The van der Waals surface area contributed by atoms with E-state index in [0.29, 0.717) is 12.5 Å². The predicted octanol–water partition coefficient (Wildman–Crippen LogP) is 3.32. The third-order valence-electron chi connectivity index (χ3n) is 4.45. The molecule has 2 amide bonds. The van der Waals surface area contributed by atoms with Crippen molar-refractivity contribution < 1.29 is 9.90 Å². The molecule has 0 bridgehead atoms. The van der Waals surface area contributed by atoms with Crippen LogP contribution in [0.5, 0.6) is 0 Å². The quantitative estimate of drug-likeness (QED) is 0.865. The van der Waals surface area contributed by atoms with E-state index in [1.165, 1.54) is 5.56 Å². The molecular formula is C18H27ClN2O2. The van der Waals surface area contributed by atoms with Crippen LogP contribution in [-0.4, -0.2) is 42.3 Å². The van der Waals surface area contributed by atoms with Gasteiger partial charge in [0.15, 0.2) is 0 Å². The Hall–Kier alpha value is -1.26. The molecule has 0 spiro atoms. The highest BCUT2D eigenvalue weighted by molar-refractivity contribution is 6.30. The number of halogens is 1. The van der Waals surface area contributed by atoms with E-state index in [-0.39, 0.29) is 18.1 Å². The number of rotatable bonds is 5. The maximum atomic E-state index is 12.3. The molecule has 0 atom stereocenters. The molecular weight excluding hydrogens is 312 g/mol. The summed E-state index contributed by atoms with van der Waals surface area (Å²) in [5, 5.41) is 13.0. The molecule has 0 aromatic heterocycles. The summed E-state index contributed by atoms with van der Waals surface area (Å²) in [6.45, 7) is 6.59.